The normalized spacial score (nSPS) is 12.2. The number of fused-ring (bicyclic) bond motifs is 1. The Kier molecular flexibility index (Phi) is 5.94. The van der Waals surface area contributed by atoms with E-state index in [1.807, 2.05) is 68.9 Å². The number of nitrogens with zero attached hydrogens (tertiary/aromatic N) is 5. The van der Waals surface area contributed by atoms with Crippen LogP contribution in [0.2, 0.25) is 0 Å². The van der Waals surface area contributed by atoms with Crippen LogP contribution >= 0.6 is 0 Å². The summed E-state index contributed by atoms with van der Waals surface area (Å²) in [4.78, 5) is 17.3. The number of hydrogen-bond acceptors (Lipinski definition) is 5. The monoisotopic (exact) mass is 432 g/mol. The highest BCUT2D eigenvalue weighted by molar-refractivity contribution is 5.95. The lowest BCUT2D eigenvalue weighted by Gasteiger charge is -2.14. The predicted molar refractivity (Wildman–Crippen MR) is 123 cm³/mol. The van der Waals surface area contributed by atoms with Crippen LogP contribution < -0.4 is 10.1 Å². The highest BCUT2D eigenvalue weighted by Gasteiger charge is 2.19. The van der Waals surface area contributed by atoms with E-state index >= 15 is 0 Å². The lowest BCUT2D eigenvalue weighted by atomic mass is 10.0. The molecular formula is C24H28N6O2. The van der Waals surface area contributed by atoms with Crippen LogP contribution in [0.5, 0.6) is 5.75 Å². The Labute approximate surface area is 187 Å². The third-order valence-corrected chi connectivity index (χ3v) is 5.79. The van der Waals surface area contributed by atoms with Gasteiger partial charge in [-0.2, -0.15) is 10.2 Å². The summed E-state index contributed by atoms with van der Waals surface area (Å²) in [6, 6.07) is 9.71. The molecule has 0 aliphatic rings. The first-order chi connectivity index (χ1) is 15.4. The van der Waals surface area contributed by atoms with E-state index in [-0.39, 0.29) is 18.5 Å². The SMILES string of the molecule is CCn1ncc(C(C)NC(=O)Cn2nc(C)c3c(-c4ccc(OC)cc4)ccnc32)c1C. The van der Waals surface area contributed by atoms with Crippen LogP contribution in [0.4, 0.5) is 0 Å². The Morgan fingerprint density at radius 3 is 2.56 bits per heavy atom. The van der Waals surface area contributed by atoms with Gasteiger partial charge in [-0.25, -0.2) is 9.67 Å². The smallest absolute Gasteiger partial charge is 0.242 e. The number of rotatable bonds is 7. The summed E-state index contributed by atoms with van der Waals surface area (Å²) in [5.41, 5.74) is 5.67. The second-order valence-electron chi connectivity index (χ2n) is 7.82. The Balaban J connectivity index is 1.58. The molecule has 1 N–H and O–H groups in total. The van der Waals surface area contributed by atoms with Crippen LogP contribution in [-0.2, 0) is 17.9 Å². The summed E-state index contributed by atoms with van der Waals surface area (Å²) in [7, 11) is 1.65. The molecule has 4 rings (SSSR count). The van der Waals surface area contributed by atoms with Gasteiger partial charge in [-0.15, -0.1) is 0 Å². The molecule has 0 aliphatic heterocycles. The van der Waals surface area contributed by atoms with Crippen molar-refractivity contribution >= 4 is 16.9 Å². The molecular weight excluding hydrogens is 404 g/mol. The molecule has 3 aromatic heterocycles. The van der Waals surface area contributed by atoms with E-state index in [0.29, 0.717) is 5.65 Å². The van der Waals surface area contributed by atoms with Crippen molar-refractivity contribution in [2.24, 2.45) is 0 Å². The molecule has 3 heterocycles. The van der Waals surface area contributed by atoms with Gasteiger partial charge in [-0.05, 0) is 57.0 Å². The van der Waals surface area contributed by atoms with Crippen LogP contribution in [0.1, 0.15) is 36.8 Å². The Morgan fingerprint density at radius 2 is 1.91 bits per heavy atom. The van der Waals surface area contributed by atoms with E-state index in [4.69, 9.17) is 4.74 Å². The van der Waals surface area contributed by atoms with E-state index < -0.39 is 0 Å². The number of nitrogens with one attached hydrogen (secondary N) is 1. The number of pyridine rings is 1. The van der Waals surface area contributed by atoms with Crippen LogP contribution in [0.15, 0.2) is 42.7 Å². The zero-order chi connectivity index (χ0) is 22.8. The van der Waals surface area contributed by atoms with E-state index in [2.05, 4.69) is 20.5 Å². The van der Waals surface area contributed by atoms with Crippen molar-refractivity contribution in [1.82, 2.24) is 29.9 Å². The van der Waals surface area contributed by atoms with Crippen LogP contribution in [0.25, 0.3) is 22.2 Å². The molecule has 0 spiro atoms. The number of amides is 1. The molecule has 32 heavy (non-hydrogen) atoms. The Bertz CT molecular complexity index is 1260. The van der Waals surface area contributed by atoms with Gasteiger partial charge in [0.15, 0.2) is 5.65 Å². The van der Waals surface area contributed by atoms with Gasteiger partial charge < -0.3 is 10.1 Å². The standard InChI is InChI=1S/C24H28N6O2/c1-6-29-17(4)21(13-26-29)15(2)27-22(31)14-30-24-23(16(3)28-30)20(11-12-25-24)18-7-9-19(32-5)10-8-18/h7-13,15H,6,14H2,1-5H3,(H,27,31). The molecule has 166 valence electrons. The van der Waals surface area contributed by atoms with Gasteiger partial charge in [0.25, 0.3) is 0 Å². The first-order valence-electron chi connectivity index (χ1n) is 10.7. The quantitative estimate of drug-likeness (QED) is 0.480. The molecule has 1 atom stereocenters. The molecule has 0 aliphatic carbocycles. The summed E-state index contributed by atoms with van der Waals surface area (Å²) in [5, 5.41) is 13.0. The lowest BCUT2D eigenvalue weighted by Crippen LogP contribution is -2.30. The zero-order valence-corrected chi connectivity index (χ0v) is 19.1. The highest BCUT2D eigenvalue weighted by atomic mass is 16.5. The van der Waals surface area contributed by atoms with Crippen LogP contribution in [0.3, 0.4) is 0 Å². The number of ether oxygens (including phenoxy) is 1. The lowest BCUT2D eigenvalue weighted by molar-refractivity contribution is -0.122. The highest BCUT2D eigenvalue weighted by Crippen LogP contribution is 2.31. The largest absolute Gasteiger partial charge is 0.497 e. The van der Waals surface area contributed by atoms with Gasteiger partial charge in [-0.1, -0.05) is 12.1 Å². The van der Waals surface area contributed by atoms with Crippen molar-refractivity contribution in [3.8, 4) is 16.9 Å². The zero-order valence-electron chi connectivity index (χ0n) is 19.1. The second kappa shape index (κ2) is 8.82. The minimum atomic E-state index is -0.145. The summed E-state index contributed by atoms with van der Waals surface area (Å²) in [6.07, 6.45) is 3.57. The minimum absolute atomic E-state index is 0.0920. The van der Waals surface area contributed by atoms with Crippen molar-refractivity contribution in [1.29, 1.82) is 0 Å². The average molecular weight is 433 g/mol. The molecule has 8 heteroatoms. The van der Waals surface area contributed by atoms with Crippen molar-refractivity contribution in [2.75, 3.05) is 7.11 Å². The van der Waals surface area contributed by atoms with Crippen LogP contribution in [0, 0.1) is 13.8 Å². The van der Waals surface area contributed by atoms with E-state index in [1.54, 1.807) is 18.0 Å². The first kappa shape index (κ1) is 21.5. The molecule has 8 nitrogen and oxygen atoms in total. The molecule has 0 saturated heterocycles. The number of carbonyl (C=O) groups is 1. The van der Waals surface area contributed by atoms with Gasteiger partial charge in [0.05, 0.1) is 25.0 Å². The fourth-order valence-corrected chi connectivity index (χ4v) is 4.11. The van der Waals surface area contributed by atoms with E-state index in [1.165, 1.54) is 0 Å². The van der Waals surface area contributed by atoms with Gasteiger partial charge in [0.2, 0.25) is 5.91 Å². The third-order valence-electron chi connectivity index (χ3n) is 5.79. The maximum atomic E-state index is 12.8. The maximum absolute atomic E-state index is 12.8. The van der Waals surface area contributed by atoms with Gasteiger partial charge >= 0.3 is 0 Å². The summed E-state index contributed by atoms with van der Waals surface area (Å²) >= 11 is 0. The van der Waals surface area contributed by atoms with Gasteiger partial charge in [0.1, 0.15) is 12.3 Å². The fraction of sp³-hybridized carbons (Fsp3) is 0.333. The molecule has 1 amide bonds. The van der Waals surface area contributed by atoms with E-state index in [9.17, 15) is 4.79 Å². The van der Waals surface area contributed by atoms with Crippen molar-refractivity contribution in [2.45, 2.75) is 46.8 Å². The number of aromatic nitrogens is 5. The van der Waals surface area contributed by atoms with Crippen molar-refractivity contribution < 1.29 is 9.53 Å². The second-order valence-corrected chi connectivity index (χ2v) is 7.82. The summed E-state index contributed by atoms with van der Waals surface area (Å²) < 4.78 is 8.86. The first-order valence-corrected chi connectivity index (χ1v) is 10.7. The fourth-order valence-electron chi connectivity index (χ4n) is 4.11. The van der Waals surface area contributed by atoms with Crippen molar-refractivity contribution in [3.63, 3.8) is 0 Å². The van der Waals surface area contributed by atoms with Gasteiger partial charge in [0, 0.05) is 29.4 Å². The molecule has 0 bridgehead atoms. The van der Waals surface area contributed by atoms with Gasteiger partial charge in [-0.3, -0.25) is 9.48 Å². The maximum Gasteiger partial charge on any atom is 0.242 e. The summed E-state index contributed by atoms with van der Waals surface area (Å²) in [5.74, 6) is 0.680. The topological polar surface area (TPSA) is 86.9 Å². The Morgan fingerprint density at radius 1 is 1.16 bits per heavy atom. The number of methoxy groups -OCH3 is 1. The Hall–Kier alpha value is -3.68. The molecule has 1 aromatic carbocycles. The average Bonchev–Trinajstić information content (AvgIpc) is 3.33. The number of aryl methyl sites for hydroxylation is 2. The molecule has 0 radical (unpaired) electrons. The molecule has 4 aromatic rings. The molecule has 0 saturated carbocycles. The number of carbonyl (C=O) groups excluding carboxylic acids is 1. The molecule has 0 fully saturated rings. The minimum Gasteiger partial charge on any atom is -0.497 e. The summed E-state index contributed by atoms with van der Waals surface area (Å²) in [6.45, 7) is 8.86. The number of benzene rings is 1. The number of hydrogen-bond donors (Lipinski definition) is 1. The third kappa shape index (κ3) is 3.95. The van der Waals surface area contributed by atoms with Crippen molar-refractivity contribution in [3.05, 3.63) is 59.7 Å². The van der Waals surface area contributed by atoms with E-state index in [0.717, 1.165) is 45.8 Å². The van der Waals surface area contributed by atoms with Crippen LogP contribution in [-0.4, -0.2) is 37.6 Å². The molecule has 1 unspecified atom stereocenters. The predicted octanol–water partition coefficient (Wildman–Crippen LogP) is 3.82.